The molecule has 1 aromatic carbocycles. The number of anilines is 2. The summed E-state index contributed by atoms with van der Waals surface area (Å²) in [5, 5.41) is 0.966. The van der Waals surface area contributed by atoms with Gasteiger partial charge in [-0.15, -0.1) is 0 Å². The Hall–Kier alpha value is -1.99. The van der Waals surface area contributed by atoms with E-state index in [2.05, 4.69) is 26.4 Å². The number of carbonyl (C=O) groups excluding carboxylic acids is 1. The molecule has 0 atom stereocenters. The zero-order valence-corrected chi connectivity index (χ0v) is 15.9. The number of ether oxygens (including phenoxy) is 1. The summed E-state index contributed by atoms with van der Waals surface area (Å²) in [7, 11) is 1.69. The van der Waals surface area contributed by atoms with E-state index < -0.39 is 0 Å². The molecule has 0 bridgehead atoms. The molecule has 0 saturated carbocycles. The first kappa shape index (κ1) is 17.4. The molecule has 2 aliphatic rings. The second-order valence-corrected chi connectivity index (χ2v) is 7.60. The van der Waals surface area contributed by atoms with Crippen molar-refractivity contribution < 1.29 is 9.53 Å². The van der Waals surface area contributed by atoms with E-state index in [1.54, 1.807) is 7.11 Å². The number of piperidine rings is 1. The Bertz CT molecular complexity index is 770. The second kappa shape index (κ2) is 7.72. The molecule has 1 fully saturated rings. The van der Waals surface area contributed by atoms with E-state index in [0.29, 0.717) is 6.61 Å². The number of rotatable bonds is 5. The van der Waals surface area contributed by atoms with Gasteiger partial charge in [-0.3, -0.25) is 4.79 Å². The number of para-hydroxylation sites is 1. The van der Waals surface area contributed by atoms with Crippen LogP contribution in [0.15, 0.2) is 24.3 Å². The monoisotopic (exact) mass is 372 g/mol. The van der Waals surface area contributed by atoms with E-state index in [4.69, 9.17) is 4.74 Å². The topological polar surface area (TPSA) is 58.6 Å². The van der Waals surface area contributed by atoms with Crippen molar-refractivity contribution in [2.45, 2.75) is 25.7 Å². The number of benzene rings is 1. The maximum Gasteiger partial charge on any atom is 0.230 e. The summed E-state index contributed by atoms with van der Waals surface area (Å²) >= 11 is 1.45. The van der Waals surface area contributed by atoms with Gasteiger partial charge >= 0.3 is 0 Å². The van der Waals surface area contributed by atoms with Crippen molar-refractivity contribution in [1.29, 1.82) is 0 Å². The normalized spacial score (nSPS) is 17.6. The van der Waals surface area contributed by atoms with Crippen molar-refractivity contribution in [3.8, 4) is 0 Å². The molecule has 6 nitrogen and oxygen atoms in total. The first-order valence-corrected chi connectivity index (χ1v) is 9.99. The molecule has 3 heterocycles. The van der Waals surface area contributed by atoms with Crippen molar-refractivity contribution in [3.63, 3.8) is 0 Å². The van der Waals surface area contributed by atoms with Crippen LogP contribution in [0.2, 0.25) is 0 Å². The molecule has 138 valence electrons. The number of carbonyl (C=O) groups is 1. The minimum absolute atomic E-state index is 0.110. The third-order valence-corrected chi connectivity index (χ3v) is 6.07. The lowest BCUT2D eigenvalue weighted by Crippen LogP contribution is -2.42. The predicted molar refractivity (Wildman–Crippen MR) is 103 cm³/mol. The zero-order valence-electron chi connectivity index (χ0n) is 15.1. The number of methoxy groups -OCH3 is 1. The van der Waals surface area contributed by atoms with Gasteiger partial charge in [-0.2, -0.15) is 4.37 Å². The van der Waals surface area contributed by atoms with Crippen LogP contribution in [-0.4, -0.2) is 48.6 Å². The lowest BCUT2D eigenvalue weighted by atomic mass is 9.95. The van der Waals surface area contributed by atoms with Gasteiger partial charge in [-0.1, -0.05) is 18.2 Å². The van der Waals surface area contributed by atoms with Crippen LogP contribution in [0.1, 0.15) is 24.2 Å². The summed E-state index contributed by atoms with van der Waals surface area (Å²) < 4.78 is 9.49. The van der Waals surface area contributed by atoms with E-state index >= 15 is 0 Å². The first-order chi connectivity index (χ1) is 12.8. The molecule has 0 radical (unpaired) electrons. The van der Waals surface area contributed by atoms with Gasteiger partial charge < -0.3 is 14.5 Å². The lowest BCUT2D eigenvalue weighted by molar-refractivity contribution is -0.122. The Kier molecular flexibility index (Phi) is 5.17. The molecule has 2 aliphatic heterocycles. The SMILES string of the molecule is COCCc1nsc(N2CCC(C(=O)N3CCc4ccccc43)CC2)n1. The minimum Gasteiger partial charge on any atom is -0.384 e. The van der Waals surface area contributed by atoms with Crippen LogP contribution >= 0.6 is 11.5 Å². The molecule has 1 saturated heterocycles. The van der Waals surface area contributed by atoms with E-state index in [-0.39, 0.29) is 11.8 Å². The Balaban J connectivity index is 1.35. The number of hydrogen-bond acceptors (Lipinski definition) is 6. The van der Waals surface area contributed by atoms with Crippen molar-refractivity contribution in [2.24, 2.45) is 5.92 Å². The van der Waals surface area contributed by atoms with E-state index in [0.717, 1.165) is 62.0 Å². The lowest BCUT2D eigenvalue weighted by Gasteiger charge is -2.32. The number of amides is 1. The molecular formula is C19H24N4O2S. The van der Waals surface area contributed by atoms with E-state index in [1.807, 2.05) is 17.0 Å². The standard InChI is InChI=1S/C19H24N4O2S/c1-25-13-9-17-20-19(26-21-17)22-10-6-15(7-11-22)18(24)23-12-8-14-4-2-3-5-16(14)23/h2-5,15H,6-13H2,1H3. The fourth-order valence-corrected chi connectivity index (χ4v) is 4.54. The van der Waals surface area contributed by atoms with Crippen LogP contribution in [0.5, 0.6) is 0 Å². The van der Waals surface area contributed by atoms with Crippen LogP contribution in [-0.2, 0) is 22.4 Å². The smallest absolute Gasteiger partial charge is 0.230 e. The highest BCUT2D eigenvalue weighted by molar-refractivity contribution is 7.09. The highest BCUT2D eigenvalue weighted by Crippen LogP contribution is 2.32. The second-order valence-electron chi connectivity index (χ2n) is 6.87. The van der Waals surface area contributed by atoms with E-state index in [9.17, 15) is 4.79 Å². The van der Waals surface area contributed by atoms with Gasteiger partial charge in [0.2, 0.25) is 11.0 Å². The molecule has 26 heavy (non-hydrogen) atoms. The fraction of sp³-hybridized carbons (Fsp3) is 0.526. The maximum atomic E-state index is 13.0. The van der Waals surface area contributed by atoms with Crippen molar-refractivity contribution in [2.75, 3.05) is 43.2 Å². The van der Waals surface area contributed by atoms with Gasteiger partial charge in [0.15, 0.2) is 0 Å². The van der Waals surface area contributed by atoms with Crippen LogP contribution < -0.4 is 9.80 Å². The quantitative estimate of drug-likeness (QED) is 0.807. The molecule has 1 amide bonds. The number of fused-ring (bicyclic) bond motifs is 1. The highest BCUT2D eigenvalue weighted by atomic mass is 32.1. The van der Waals surface area contributed by atoms with E-state index in [1.165, 1.54) is 17.1 Å². The Morgan fingerprint density at radius 2 is 2.08 bits per heavy atom. The zero-order chi connectivity index (χ0) is 17.9. The average Bonchev–Trinajstić information content (AvgIpc) is 3.33. The number of nitrogens with zero attached hydrogens (tertiary/aromatic N) is 4. The van der Waals surface area contributed by atoms with Gasteiger partial charge in [0, 0.05) is 56.3 Å². The molecular weight excluding hydrogens is 348 g/mol. The third kappa shape index (κ3) is 3.46. The van der Waals surface area contributed by atoms with Crippen LogP contribution in [0.3, 0.4) is 0 Å². The number of hydrogen-bond donors (Lipinski definition) is 0. The molecule has 4 rings (SSSR count). The molecule has 0 N–H and O–H groups in total. The molecule has 2 aromatic rings. The fourth-order valence-electron chi connectivity index (χ4n) is 3.77. The molecule has 0 spiro atoms. The van der Waals surface area contributed by atoms with Crippen LogP contribution in [0.25, 0.3) is 0 Å². The summed E-state index contributed by atoms with van der Waals surface area (Å²) in [5.41, 5.74) is 2.39. The Morgan fingerprint density at radius 1 is 1.27 bits per heavy atom. The van der Waals surface area contributed by atoms with Crippen LogP contribution in [0.4, 0.5) is 10.8 Å². The van der Waals surface area contributed by atoms with Gasteiger partial charge in [-0.05, 0) is 30.9 Å². The largest absolute Gasteiger partial charge is 0.384 e. The summed E-state index contributed by atoms with van der Waals surface area (Å²) in [6.07, 6.45) is 3.47. The van der Waals surface area contributed by atoms with Gasteiger partial charge in [0.1, 0.15) is 5.82 Å². The predicted octanol–water partition coefficient (Wildman–Crippen LogP) is 2.53. The molecule has 7 heteroatoms. The minimum atomic E-state index is 0.110. The molecule has 0 unspecified atom stereocenters. The summed E-state index contributed by atoms with van der Waals surface area (Å²) in [4.78, 5) is 21.9. The van der Waals surface area contributed by atoms with Gasteiger partial charge in [0.05, 0.1) is 6.61 Å². The highest BCUT2D eigenvalue weighted by Gasteiger charge is 2.32. The van der Waals surface area contributed by atoms with Crippen LogP contribution in [0, 0.1) is 5.92 Å². The maximum absolute atomic E-state index is 13.0. The summed E-state index contributed by atoms with van der Waals surface area (Å²) in [5.74, 6) is 1.24. The third-order valence-electron chi connectivity index (χ3n) is 5.26. The summed E-state index contributed by atoms with van der Waals surface area (Å²) in [6, 6.07) is 8.26. The van der Waals surface area contributed by atoms with Crippen molar-refractivity contribution >= 4 is 28.3 Å². The average molecular weight is 372 g/mol. The number of aromatic nitrogens is 2. The first-order valence-electron chi connectivity index (χ1n) is 9.22. The van der Waals surface area contributed by atoms with Gasteiger partial charge in [-0.25, -0.2) is 4.98 Å². The molecule has 1 aromatic heterocycles. The van der Waals surface area contributed by atoms with Crippen molar-refractivity contribution in [3.05, 3.63) is 35.7 Å². The molecule has 0 aliphatic carbocycles. The summed E-state index contributed by atoms with van der Waals surface area (Å²) in [6.45, 7) is 3.19. The Morgan fingerprint density at radius 3 is 2.88 bits per heavy atom. The van der Waals surface area contributed by atoms with Crippen molar-refractivity contribution in [1.82, 2.24) is 9.36 Å². The van der Waals surface area contributed by atoms with Gasteiger partial charge in [0.25, 0.3) is 0 Å². The Labute approximate surface area is 158 Å².